The molecule has 7 heteroatoms. The van der Waals surface area contributed by atoms with E-state index in [1.807, 2.05) is 0 Å². The van der Waals surface area contributed by atoms with Crippen LogP contribution in [0.3, 0.4) is 0 Å². The van der Waals surface area contributed by atoms with Crippen LogP contribution in [-0.4, -0.2) is 26.3 Å². The van der Waals surface area contributed by atoms with Gasteiger partial charge in [-0.05, 0) is 16.5 Å². The van der Waals surface area contributed by atoms with E-state index in [1.165, 1.54) is 18.2 Å². The van der Waals surface area contributed by atoms with E-state index in [0.717, 1.165) is 6.08 Å². The van der Waals surface area contributed by atoms with Crippen molar-refractivity contribution in [3.05, 3.63) is 80.7 Å². The molecule has 0 aromatic heterocycles. The molecular weight excluding hydrogens is 288 g/mol. The molecule has 1 aromatic carbocycles. The van der Waals surface area contributed by atoms with Gasteiger partial charge in [-0.3, -0.25) is 10.4 Å². The van der Waals surface area contributed by atoms with Gasteiger partial charge >= 0.3 is 0 Å². The Kier molecular flexibility index (Phi) is 4.62. The zero-order valence-corrected chi connectivity index (χ0v) is 11.3. The lowest BCUT2D eigenvalue weighted by Crippen LogP contribution is -2.25. The molecule has 0 saturated heterocycles. The van der Waals surface area contributed by atoms with Gasteiger partial charge in [-0.25, -0.2) is 0 Å². The molecule has 1 aromatic rings. The third-order valence-corrected chi connectivity index (χ3v) is 3.01. The van der Waals surface area contributed by atoms with Crippen LogP contribution in [0, 0.1) is 10.4 Å². The lowest BCUT2D eigenvalue weighted by molar-refractivity contribution is -0.377. The maximum atomic E-state index is 10.9. The Hall–Kier alpha value is -3.03. The number of allylic oxidation sites excluding steroid dienone is 4. The molecule has 0 spiro atoms. The van der Waals surface area contributed by atoms with Gasteiger partial charge in [-0.1, -0.05) is 36.4 Å². The predicted molar refractivity (Wildman–Crippen MR) is 77.3 cm³/mol. The van der Waals surface area contributed by atoms with Gasteiger partial charge in [0.1, 0.15) is 5.70 Å². The molecule has 0 aliphatic heterocycles. The molecule has 0 fully saturated rings. The smallest absolute Gasteiger partial charge is 0.225 e. The van der Waals surface area contributed by atoms with E-state index < -0.39 is 4.90 Å². The average Bonchev–Trinajstić information content (AvgIpc) is 2.52. The highest BCUT2D eigenvalue weighted by Gasteiger charge is 2.16. The van der Waals surface area contributed by atoms with Crippen LogP contribution in [0.4, 0.5) is 0 Å². The molecule has 0 heterocycles. The molecule has 0 unspecified atom stereocenters. The van der Waals surface area contributed by atoms with Crippen LogP contribution in [0.1, 0.15) is 0 Å². The minimum Gasteiger partial charge on any atom is -0.877 e. The lowest BCUT2D eigenvalue weighted by atomic mass is 10.0. The standard InChI is InChI=1S/C15H13N2O5/c18-10-13-4-2-1-3-11(13)5-6-12-7-8-14(16(19)20)9-15(12)17(21)22/h1-10,21-22H,(H-,18,19,20)/q-1/p-1. The molecule has 2 rings (SSSR count). The zero-order chi connectivity index (χ0) is 16.1. The van der Waals surface area contributed by atoms with Crippen molar-refractivity contribution in [2.75, 3.05) is 0 Å². The van der Waals surface area contributed by atoms with Crippen molar-refractivity contribution in [3.63, 3.8) is 0 Å². The summed E-state index contributed by atoms with van der Waals surface area (Å²) in [5.74, 6) is 0. The van der Waals surface area contributed by atoms with Gasteiger partial charge in [0.05, 0.1) is 0 Å². The maximum absolute atomic E-state index is 10.9. The fourth-order valence-corrected chi connectivity index (χ4v) is 1.91. The van der Waals surface area contributed by atoms with Crippen LogP contribution in [0.2, 0.25) is 0 Å². The molecule has 0 radical (unpaired) electrons. The highest BCUT2D eigenvalue weighted by atomic mass is 16.8. The van der Waals surface area contributed by atoms with Crippen molar-refractivity contribution in [2.24, 2.45) is 0 Å². The van der Waals surface area contributed by atoms with Crippen LogP contribution in [0.25, 0.3) is 12.3 Å². The van der Waals surface area contributed by atoms with Crippen molar-refractivity contribution in [2.45, 2.75) is 0 Å². The first-order chi connectivity index (χ1) is 10.5. The predicted octanol–water partition coefficient (Wildman–Crippen LogP) is -0.525. The SMILES string of the molecule is [O-]C=c1ccccc1=CC=C1C=CC(=[N+]([O-])[O-])C=C1N(O)O. The summed E-state index contributed by atoms with van der Waals surface area (Å²) in [6.07, 6.45) is 7.51. The lowest BCUT2D eigenvalue weighted by Gasteiger charge is -2.17. The van der Waals surface area contributed by atoms with E-state index in [1.54, 1.807) is 30.3 Å². The molecule has 1 aliphatic carbocycles. The average molecular weight is 300 g/mol. The second-order valence-electron chi connectivity index (χ2n) is 4.37. The van der Waals surface area contributed by atoms with Gasteiger partial charge in [-0.2, -0.15) is 4.90 Å². The van der Waals surface area contributed by atoms with Crippen molar-refractivity contribution in [1.29, 1.82) is 0 Å². The summed E-state index contributed by atoms with van der Waals surface area (Å²) in [5.41, 5.74) is -0.0705. The van der Waals surface area contributed by atoms with Gasteiger partial charge in [0.25, 0.3) is 0 Å². The second-order valence-corrected chi connectivity index (χ2v) is 4.37. The Bertz CT molecular complexity index is 799. The number of hydroxylamine groups is 2. The Labute approximate surface area is 125 Å². The molecule has 1 aliphatic rings. The van der Waals surface area contributed by atoms with E-state index in [9.17, 15) is 25.9 Å². The van der Waals surface area contributed by atoms with Crippen molar-refractivity contribution in [3.8, 4) is 0 Å². The molecule has 7 nitrogen and oxygen atoms in total. The number of nitrogens with zero attached hydrogens (tertiary/aromatic N) is 2. The minimum absolute atomic E-state index is 0.144. The first-order valence-electron chi connectivity index (χ1n) is 6.21. The Morgan fingerprint density at radius 2 is 1.68 bits per heavy atom. The molecule has 0 saturated carbocycles. The van der Waals surface area contributed by atoms with Crippen molar-refractivity contribution >= 4 is 18.0 Å². The summed E-state index contributed by atoms with van der Waals surface area (Å²) in [7, 11) is 0. The summed E-state index contributed by atoms with van der Waals surface area (Å²) in [4.78, 5) is -0.637. The molecular formula is C15H12N2O5-2. The van der Waals surface area contributed by atoms with Gasteiger partial charge in [-0.15, -0.1) is 11.5 Å². The summed E-state index contributed by atoms with van der Waals surface area (Å²) in [5, 5.41) is 51.7. The van der Waals surface area contributed by atoms with Crippen LogP contribution in [-0.2, 0) is 0 Å². The van der Waals surface area contributed by atoms with Gasteiger partial charge in [0.2, 0.25) is 5.71 Å². The Morgan fingerprint density at radius 3 is 2.27 bits per heavy atom. The monoisotopic (exact) mass is 300 g/mol. The molecule has 22 heavy (non-hydrogen) atoms. The van der Waals surface area contributed by atoms with E-state index >= 15 is 0 Å². The Balaban J connectivity index is 2.51. The fraction of sp³-hybridized carbons (Fsp3) is 0. The van der Waals surface area contributed by atoms with Crippen LogP contribution < -0.4 is 15.5 Å². The van der Waals surface area contributed by atoms with E-state index in [4.69, 9.17) is 0 Å². The first-order valence-corrected chi connectivity index (χ1v) is 6.21. The van der Waals surface area contributed by atoms with Crippen molar-refractivity contribution in [1.82, 2.24) is 5.23 Å². The highest BCUT2D eigenvalue weighted by molar-refractivity contribution is 6.03. The van der Waals surface area contributed by atoms with Gasteiger partial charge in [0.15, 0.2) is 0 Å². The van der Waals surface area contributed by atoms with E-state index in [2.05, 4.69) is 0 Å². The number of hydrogen-bond donors (Lipinski definition) is 2. The summed E-state index contributed by atoms with van der Waals surface area (Å²) < 4.78 is 0. The number of benzene rings is 1. The molecule has 0 bridgehead atoms. The summed E-state index contributed by atoms with van der Waals surface area (Å²) >= 11 is 0. The molecule has 2 N–H and O–H groups in total. The topological polar surface area (TPSA) is 116 Å². The molecule has 114 valence electrons. The maximum Gasteiger partial charge on any atom is 0.225 e. The normalized spacial score (nSPS) is 17.8. The second kappa shape index (κ2) is 6.61. The summed E-state index contributed by atoms with van der Waals surface area (Å²) in [6.45, 7) is 0. The third-order valence-electron chi connectivity index (χ3n) is 3.01. The van der Waals surface area contributed by atoms with Gasteiger partial charge < -0.3 is 15.5 Å². The minimum atomic E-state index is -0.637. The first kappa shape index (κ1) is 15.4. The van der Waals surface area contributed by atoms with E-state index in [0.29, 0.717) is 22.3 Å². The van der Waals surface area contributed by atoms with E-state index in [-0.39, 0.29) is 16.6 Å². The van der Waals surface area contributed by atoms with Gasteiger partial charge in [0, 0.05) is 17.7 Å². The quantitative estimate of drug-likeness (QED) is 0.560. The highest BCUT2D eigenvalue weighted by Crippen LogP contribution is 2.18. The fourth-order valence-electron chi connectivity index (χ4n) is 1.91. The molecule has 0 atom stereocenters. The third kappa shape index (κ3) is 3.35. The number of hydrogen-bond acceptors (Lipinski definition) is 6. The number of rotatable bonds is 2. The van der Waals surface area contributed by atoms with Crippen LogP contribution >= 0.6 is 0 Å². The zero-order valence-electron chi connectivity index (χ0n) is 11.3. The van der Waals surface area contributed by atoms with Crippen molar-refractivity contribution < 1.29 is 20.4 Å². The summed E-state index contributed by atoms with van der Waals surface area (Å²) in [6, 6.07) is 6.85. The van der Waals surface area contributed by atoms with Crippen LogP contribution in [0.5, 0.6) is 0 Å². The molecule has 0 amide bonds. The Morgan fingerprint density at radius 1 is 1.00 bits per heavy atom. The largest absolute Gasteiger partial charge is 0.877 e. The van der Waals surface area contributed by atoms with Crippen LogP contribution in [0.15, 0.2) is 59.8 Å².